The standard InChI is InChI=1S/C18H30N4O3S/c1-18(2,3)12-14(23)15-20-21-17(25-15)26-11-10-22(4)16(24)19-13-8-6-5-7-9-13/h13H,5-12H2,1-4H3,(H,19,24). The van der Waals surface area contributed by atoms with Crippen LogP contribution in [-0.4, -0.2) is 52.3 Å². The maximum Gasteiger partial charge on any atom is 0.317 e. The Balaban J connectivity index is 1.71. The highest BCUT2D eigenvalue weighted by atomic mass is 32.2. The van der Waals surface area contributed by atoms with Crippen LogP contribution in [0.15, 0.2) is 9.64 Å². The second kappa shape index (κ2) is 9.39. The second-order valence-corrected chi connectivity index (χ2v) is 9.13. The van der Waals surface area contributed by atoms with Gasteiger partial charge in [-0.2, -0.15) is 0 Å². The number of nitrogens with zero attached hydrogens (tertiary/aromatic N) is 3. The minimum absolute atomic E-state index is 0.0379. The Morgan fingerprint density at radius 1 is 1.23 bits per heavy atom. The largest absolute Gasteiger partial charge is 0.408 e. The van der Waals surface area contributed by atoms with E-state index in [0.29, 0.717) is 30.0 Å². The van der Waals surface area contributed by atoms with Gasteiger partial charge in [-0.1, -0.05) is 51.8 Å². The third kappa shape index (κ3) is 6.97. The van der Waals surface area contributed by atoms with Gasteiger partial charge in [-0.25, -0.2) is 4.79 Å². The number of aromatic nitrogens is 2. The number of hydrogen-bond acceptors (Lipinski definition) is 6. The average molecular weight is 383 g/mol. The molecule has 2 rings (SSSR count). The van der Waals surface area contributed by atoms with E-state index in [0.717, 1.165) is 12.8 Å². The van der Waals surface area contributed by atoms with E-state index in [2.05, 4.69) is 15.5 Å². The molecule has 1 aromatic rings. The summed E-state index contributed by atoms with van der Waals surface area (Å²) in [7, 11) is 1.78. The molecule has 0 saturated heterocycles. The lowest BCUT2D eigenvalue weighted by Crippen LogP contribution is -2.44. The lowest BCUT2D eigenvalue weighted by Gasteiger charge is -2.26. The lowest BCUT2D eigenvalue weighted by molar-refractivity contribution is 0.0900. The zero-order chi connectivity index (χ0) is 19.2. The quantitative estimate of drug-likeness (QED) is 0.571. The molecule has 1 heterocycles. The van der Waals surface area contributed by atoms with E-state index in [4.69, 9.17) is 4.42 Å². The molecule has 1 aromatic heterocycles. The van der Waals surface area contributed by atoms with E-state index >= 15 is 0 Å². The zero-order valence-electron chi connectivity index (χ0n) is 16.2. The third-order valence-corrected chi connectivity index (χ3v) is 5.07. The Labute approximate surface area is 159 Å². The van der Waals surface area contributed by atoms with Crippen molar-refractivity contribution in [1.82, 2.24) is 20.4 Å². The molecular weight excluding hydrogens is 352 g/mol. The minimum atomic E-state index is -0.138. The van der Waals surface area contributed by atoms with Crippen molar-refractivity contribution in [3.63, 3.8) is 0 Å². The predicted molar refractivity (Wildman–Crippen MR) is 101 cm³/mol. The fraction of sp³-hybridized carbons (Fsp3) is 0.778. The Morgan fingerprint density at radius 3 is 2.58 bits per heavy atom. The maximum absolute atomic E-state index is 12.2. The number of rotatable bonds is 7. The Morgan fingerprint density at radius 2 is 1.92 bits per heavy atom. The highest BCUT2D eigenvalue weighted by Gasteiger charge is 2.22. The lowest BCUT2D eigenvalue weighted by atomic mass is 9.90. The minimum Gasteiger partial charge on any atom is -0.408 e. The van der Waals surface area contributed by atoms with Crippen LogP contribution in [0.1, 0.15) is 70.0 Å². The molecule has 1 N–H and O–H groups in total. The van der Waals surface area contributed by atoms with Gasteiger partial charge >= 0.3 is 6.03 Å². The number of ketones is 1. The summed E-state index contributed by atoms with van der Waals surface area (Å²) in [5.41, 5.74) is -0.118. The first-order chi connectivity index (χ1) is 12.2. The van der Waals surface area contributed by atoms with Crippen LogP contribution in [0, 0.1) is 5.41 Å². The van der Waals surface area contributed by atoms with Crippen molar-refractivity contribution >= 4 is 23.6 Å². The number of carbonyl (C=O) groups excluding carboxylic acids is 2. The van der Waals surface area contributed by atoms with Crippen molar-refractivity contribution in [2.45, 2.75) is 70.6 Å². The van der Waals surface area contributed by atoms with Crippen LogP contribution < -0.4 is 5.32 Å². The van der Waals surface area contributed by atoms with Crippen LogP contribution in [0.25, 0.3) is 0 Å². The highest BCUT2D eigenvalue weighted by Crippen LogP contribution is 2.23. The molecule has 0 unspecified atom stereocenters. The SMILES string of the molecule is CN(CCSc1nnc(C(=O)CC(C)(C)C)o1)C(=O)NC1CCCCC1. The molecule has 0 atom stereocenters. The van der Waals surface area contributed by atoms with Gasteiger partial charge in [-0.3, -0.25) is 4.79 Å². The summed E-state index contributed by atoms with van der Waals surface area (Å²) in [6.45, 7) is 6.54. The van der Waals surface area contributed by atoms with Crippen molar-refractivity contribution in [3.05, 3.63) is 5.89 Å². The van der Waals surface area contributed by atoms with Gasteiger partial charge in [0.25, 0.3) is 11.1 Å². The van der Waals surface area contributed by atoms with Crippen molar-refractivity contribution in [1.29, 1.82) is 0 Å². The highest BCUT2D eigenvalue weighted by molar-refractivity contribution is 7.99. The molecule has 7 nitrogen and oxygen atoms in total. The fourth-order valence-electron chi connectivity index (χ4n) is 2.84. The molecule has 1 aliphatic rings. The first-order valence-electron chi connectivity index (χ1n) is 9.26. The number of urea groups is 1. The molecule has 26 heavy (non-hydrogen) atoms. The number of amides is 2. The van der Waals surface area contributed by atoms with Crippen LogP contribution >= 0.6 is 11.8 Å². The van der Waals surface area contributed by atoms with E-state index in [-0.39, 0.29) is 23.1 Å². The molecule has 0 bridgehead atoms. The third-order valence-electron chi connectivity index (χ3n) is 4.27. The van der Waals surface area contributed by atoms with Gasteiger partial charge in [0.2, 0.25) is 5.78 Å². The van der Waals surface area contributed by atoms with Gasteiger partial charge in [-0.05, 0) is 18.3 Å². The van der Waals surface area contributed by atoms with Crippen LogP contribution in [0.4, 0.5) is 4.79 Å². The van der Waals surface area contributed by atoms with Crippen molar-refractivity contribution in [2.75, 3.05) is 19.3 Å². The van der Waals surface area contributed by atoms with E-state index in [1.54, 1.807) is 11.9 Å². The van der Waals surface area contributed by atoms with Gasteiger partial charge in [0, 0.05) is 31.8 Å². The van der Waals surface area contributed by atoms with E-state index < -0.39 is 0 Å². The summed E-state index contributed by atoms with van der Waals surface area (Å²) < 4.78 is 5.43. The summed E-state index contributed by atoms with van der Waals surface area (Å²) in [6.07, 6.45) is 6.16. The van der Waals surface area contributed by atoms with Crippen molar-refractivity contribution < 1.29 is 14.0 Å². The number of hydrogen-bond donors (Lipinski definition) is 1. The molecule has 1 aliphatic carbocycles. The molecule has 0 aromatic carbocycles. The number of nitrogens with one attached hydrogen (secondary N) is 1. The van der Waals surface area contributed by atoms with Crippen LogP contribution in [0.2, 0.25) is 0 Å². The van der Waals surface area contributed by atoms with E-state index in [1.165, 1.54) is 31.0 Å². The van der Waals surface area contributed by atoms with Gasteiger partial charge in [0.1, 0.15) is 0 Å². The van der Waals surface area contributed by atoms with E-state index in [9.17, 15) is 9.59 Å². The summed E-state index contributed by atoms with van der Waals surface area (Å²) >= 11 is 1.35. The molecule has 1 saturated carbocycles. The monoisotopic (exact) mass is 382 g/mol. The summed E-state index contributed by atoms with van der Waals surface area (Å²) in [4.78, 5) is 25.9. The van der Waals surface area contributed by atoms with Crippen molar-refractivity contribution in [2.24, 2.45) is 5.41 Å². The van der Waals surface area contributed by atoms with E-state index in [1.807, 2.05) is 20.8 Å². The molecule has 146 valence electrons. The summed E-state index contributed by atoms with van der Waals surface area (Å²) in [5.74, 6) is 0.551. The van der Waals surface area contributed by atoms with Gasteiger partial charge < -0.3 is 14.6 Å². The predicted octanol–water partition coefficient (Wildman–Crippen LogP) is 3.75. The normalized spacial score (nSPS) is 15.7. The van der Waals surface area contributed by atoms with Crippen LogP contribution in [0.5, 0.6) is 0 Å². The fourth-order valence-corrected chi connectivity index (χ4v) is 3.62. The number of Topliss-reactive ketones (excluding diaryl/α,β-unsaturated/α-hetero) is 1. The molecule has 0 aliphatic heterocycles. The van der Waals surface area contributed by atoms with Crippen molar-refractivity contribution in [3.8, 4) is 0 Å². The van der Waals surface area contributed by atoms with Gasteiger partial charge in [-0.15, -0.1) is 10.2 Å². The Kier molecular flexibility index (Phi) is 7.49. The number of thioether (sulfide) groups is 1. The second-order valence-electron chi connectivity index (χ2n) is 8.09. The molecule has 2 amide bonds. The molecular formula is C18H30N4O3S. The molecule has 0 radical (unpaired) electrons. The zero-order valence-corrected chi connectivity index (χ0v) is 17.0. The smallest absolute Gasteiger partial charge is 0.317 e. The topological polar surface area (TPSA) is 88.3 Å². The summed E-state index contributed by atoms with van der Waals surface area (Å²) in [6, 6.07) is 0.266. The van der Waals surface area contributed by atoms with Crippen LogP contribution in [-0.2, 0) is 0 Å². The van der Waals surface area contributed by atoms with Gasteiger partial charge in [0.15, 0.2) is 0 Å². The maximum atomic E-state index is 12.2. The Hall–Kier alpha value is -1.57. The van der Waals surface area contributed by atoms with Crippen LogP contribution in [0.3, 0.4) is 0 Å². The Bertz CT molecular complexity index is 606. The first kappa shape index (κ1) is 20.7. The molecule has 8 heteroatoms. The van der Waals surface area contributed by atoms with Gasteiger partial charge in [0.05, 0.1) is 0 Å². The first-order valence-corrected chi connectivity index (χ1v) is 10.2. The molecule has 0 spiro atoms. The number of carbonyl (C=O) groups is 2. The summed E-state index contributed by atoms with van der Waals surface area (Å²) in [5, 5.41) is 11.2. The average Bonchev–Trinajstić information content (AvgIpc) is 3.03. The molecule has 1 fully saturated rings.